The molecule has 2 aliphatic heterocycles. The molecule has 0 spiro atoms. The van der Waals surface area contributed by atoms with Crippen LogP contribution in [-0.4, -0.2) is 32.8 Å². The summed E-state index contributed by atoms with van der Waals surface area (Å²) in [4.78, 5) is 2.65. The van der Waals surface area contributed by atoms with Crippen LogP contribution >= 0.6 is 0 Å². The van der Waals surface area contributed by atoms with Gasteiger partial charge in [-0.25, -0.2) is 4.68 Å². The Hall–Kier alpha value is -1.65. The highest BCUT2D eigenvalue weighted by Crippen LogP contribution is 2.36. The van der Waals surface area contributed by atoms with Gasteiger partial charge in [-0.2, -0.15) is 5.10 Å². The average Bonchev–Trinajstić information content (AvgIpc) is 3.05. The minimum Gasteiger partial charge on any atom is -0.328 e. The predicted molar refractivity (Wildman–Crippen MR) is 83.1 cm³/mol. The monoisotopic (exact) mass is 282 g/mol. The van der Waals surface area contributed by atoms with E-state index in [9.17, 15) is 0 Å². The van der Waals surface area contributed by atoms with Gasteiger partial charge in [-0.05, 0) is 37.8 Å². The third-order valence-corrected chi connectivity index (χ3v) is 4.94. The third-order valence-electron chi connectivity index (χ3n) is 4.94. The van der Waals surface area contributed by atoms with Crippen molar-refractivity contribution in [2.75, 3.05) is 0 Å². The van der Waals surface area contributed by atoms with Crippen molar-refractivity contribution in [1.82, 2.24) is 14.7 Å². The van der Waals surface area contributed by atoms with Crippen molar-refractivity contribution in [2.24, 2.45) is 5.73 Å². The van der Waals surface area contributed by atoms with Crippen LogP contribution in [0.1, 0.15) is 31.2 Å². The Morgan fingerprint density at radius 3 is 2.52 bits per heavy atom. The lowest BCUT2D eigenvalue weighted by Crippen LogP contribution is -2.46. The Labute approximate surface area is 125 Å². The first kappa shape index (κ1) is 13.0. The summed E-state index contributed by atoms with van der Waals surface area (Å²) in [6.45, 7) is 1.01. The van der Waals surface area contributed by atoms with Gasteiger partial charge in [-0.15, -0.1) is 0 Å². The zero-order valence-corrected chi connectivity index (χ0v) is 12.2. The molecule has 2 fully saturated rings. The Kier molecular flexibility index (Phi) is 3.28. The number of nitrogens with two attached hydrogens (primary N) is 1. The molecule has 0 aliphatic carbocycles. The lowest BCUT2D eigenvalue weighted by Gasteiger charge is -2.37. The van der Waals surface area contributed by atoms with Crippen LogP contribution in [0.4, 0.5) is 0 Å². The molecule has 2 unspecified atom stereocenters. The average molecular weight is 282 g/mol. The van der Waals surface area contributed by atoms with E-state index in [1.54, 1.807) is 0 Å². The molecule has 4 rings (SSSR count). The number of nitrogens with zero attached hydrogens (tertiary/aromatic N) is 3. The first-order valence-corrected chi connectivity index (χ1v) is 7.90. The van der Waals surface area contributed by atoms with Gasteiger partial charge in [0.25, 0.3) is 0 Å². The van der Waals surface area contributed by atoms with Crippen LogP contribution in [0.5, 0.6) is 0 Å². The van der Waals surface area contributed by atoms with E-state index < -0.39 is 0 Å². The molecule has 2 N–H and O–H groups in total. The number of piperidine rings is 1. The van der Waals surface area contributed by atoms with Gasteiger partial charge in [0.15, 0.2) is 0 Å². The molecule has 2 aliphatic rings. The van der Waals surface area contributed by atoms with Gasteiger partial charge in [0, 0.05) is 36.4 Å². The number of rotatable bonds is 3. The van der Waals surface area contributed by atoms with E-state index in [4.69, 9.17) is 5.73 Å². The molecule has 2 bridgehead atoms. The van der Waals surface area contributed by atoms with E-state index in [0.717, 1.165) is 25.1 Å². The summed E-state index contributed by atoms with van der Waals surface area (Å²) in [7, 11) is 0. The van der Waals surface area contributed by atoms with Crippen LogP contribution in [0.2, 0.25) is 0 Å². The lowest BCUT2D eigenvalue weighted by atomic mass is 9.98. The largest absolute Gasteiger partial charge is 0.328 e. The van der Waals surface area contributed by atoms with Gasteiger partial charge < -0.3 is 5.73 Å². The molecule has 3 heterocycles. The summed E-state index contributed by atoms with van der Waals surface area (Å²) in [5.74, 6) is 0. The molecule has 1 aromatic heterocycles. The molecule has 0 saturated carbocycles. The van der Waals surface area contributed by atoms with Crippen molar-refractivity contribution in [3.05, 3.63) is 48.3 Å². The van der Waals surface area contributed by atoms with Gasteiger partial charge in [0.2, 0.25) is 0 Å². The summed E-state index contributed by atoms with van der Waals surface area (Å²) >= 11 is 0. The molecule has 2 atom stereocenters. The van der Waals surface area contributed by atoms with Gasteiger partial charge in [0.1, 0.15) is 0 Å². The number of aromatic nitrogens is 2. The number of para-hydroxylation sites is 1. The quantitative estimate of drug-likeness (QED) is 0.940. The van der Waals surface area contributed by atoms with E-state index in [-0.39, 0.29) is 0 Å². The predicted octanol–water partition coefficient (Wildman–Crippen LogP) is 2.33. The van der Waals surface area contributed by atoms with Crippen molar-refractivity contribution in [3.63, 3.8) is 0 Å². The molecule has 0 radical (unpaired) electrons. The Morgan fingerprint density at radius 1 is 1.10 bits per heavy atom. The van der Waals surface area contributed by atoms with Crippen LogP contribution in [0, 0.1) is 0 Å². The van der Waals surface area contributed by atoms with E-state index >= 15 is 0 Å². The summed E-state index contributed by atoms with van der Waals surface area (Å²) in [5.41, 5.74) is 8.56. The molecule has 4 nitrogen and oxygen atoms in total. The van der Waals surface area contributed by atoms with Gasteiger partial charge in [0.05, 0.1) is 11.9 Å². The van der Waals surface area contributed by atoms with Crippen molar-refractivity contribution < 1.29 is 0 Å². The summed E-state index contributed by atoms with van der Waals surface area (Å²) in [6.07, 6.45) is 9.09. The van der Waals surface area contributed by atoms with Crippen LogP contribution in [0.25, 0.3) is 5.69 Å². The standard InChI is InChI=1S/C17H22N4/c18-14-8-16-6-7-17(9-14)20(16)11-13-10-19-21(12-13)15-4-2-1-3-5-15/h1-5,10,12,14,16-17H,6-9,11,18H2. The molecule has 4 heteroatoms. The summed E-state index contributed by atoms with van der Waals surface area (Å²) in [5, 5.41) is 4.50. The van der Waals surface area contributed by atoms with Crippen molar-refractivity contribution in [3.8, 4) is 5.69 Å². The number of fused-ring (bicyclic) bond motifs is 2. The second kappa shape index (κ2) is 5.28. The smallest absolute Gasteiger partial charge is 0.0645 e. The van der Waals surface area contributed by atoms with Crippen LogP contribution in [0.15, 0.2) is 42.7 Å². The Morgan fingerprint density at radius 2 is 1.81 bits per heavy atom. The number of hydrogen-bond donors (Lipinski definition) is 1. The van der Waals surface area contributed by atoms with Gasteiger partial charge in [-0.3, -0.25) is 4.90 Å². The highest BCUT2D eigenvalue weighted by molar-refractivity contribution is 5.30. The Balaban J connectivity index is 1.50. The van der Waals surface area contributed by atoms with Crippen LogP contribution < -0.4 is 5.73 Å². The van der Waals surface area contributed by atoms with E-state index in [2.05, 4.69) is 28.3 Å². The fourth-order valence-electron chi connectivity index (χ4n) is 3.95. The van der Waals surface area contributed by atoms with Crippen LogP contribution in [-0.2, 0) is 6.54 Å². The molecule has 1 aromatic carbocycles. The van der Waals surface area contributed by atoms with Crippen molar-refractivity contribution in [2.45, 2.75) is 50.4 Å². The van der Waals surface area contributed by atoms with E-state index in [0.29, 0.717) is 18.1 Å². The van der Waals surface area contributed by atoms with E-state index in [1.165, 1.54) is 18.4 Å². The zero-order chi connectivity index (χ0) is 14.2. The summed E-state index contributed by atoms with van der Waals surface area (Å²) in [6, 6.07) is 12.1. The number of hydrogen-bond acceptors (Lipinski definition) is 3. The van der Waals surface area contributed by atoms with Crippen molar-refractivity contribution in [1.29, 1.82) is 0 Å². The second-order valence-electron chi connectivity index (χ2n) is 6.42. The third kappa shape index (κ3) is 2.49. The molecule has 110 valence electrons. The molecule has 2 aromatic rings. The maximum atomic E-state index is 6.15. The van der Waals surface area contributed by atoms with E-state index in [1.807, 2.05) is 29.1 Å². The topological polar surface area (TPSA) is 47.1 Å². The highest BCUT2D eigenvalue weighted by atomic mass is 15.3. The lowest BCUT2D eigenvalue weighted by molar-refractivity contribution is 0.120. The first-order chi connectivity index (χ1) is 10.3. The summed E-state index contributed by atoms with van der Waals surface area (Å²) < 4.78 is 1.97. The van der Waals surface area contributed by atoms with Gasteiger partial charge >= 0.3 is 0 Å². The molecule has 2 saturated heterocycles. The second-order valence-corrected chi connectivity index (χ2v) is 6.42. The molecule has 0 amide bonds. The minimum absolute atomic E-state index is 0.408. The van der Waals surface area contributed by atoms with Crippen molar-refractivity contribution >= 4 is 0 Å². The Bertz CT molecular complexity index is 592. The first-order valence-electron chi connectivity index (χ1n) is 7.90. The minimum atomic E-state index is 0.408. The van der Waals surface area contributed by atoms with Gasteiger partial charge in [-0.1, -0.05) is 18.2 Å². The number of benzene rings is 1. The molecule has 21 heavy (non-hydrogen) atoms. The normalized spacial score (nSPS) is 28.9. The molecular weight excluding hydrogens is 260 g/mol. The highest BCUT2D eigenvalue weighted by Gasteiger charge is 2.39. The fourth-order valence-corrected chi connectivity index (χ4v) is 3.95. The SMILES string of the molecule is NC1CC2CCC(C1)N2Cc1cnn(-c2ccccc2)c1. The molecular formula is C17H22N4. The van der Waals surface area contributed by atoms with Crippen LogP contribution in [0.3, 0.4) is 0 Å². The maximum Gasteiger partial charge on any atom is 0.0645 e. The maximum absolute atomic E-state index is 6.15. The fraction of sp³-hybridized carbons (Fsp3) is 0.471. The zero-order valence-electron chi connectivity index (χ0n) is 12.2.